The van der Waals surface area contributed by atoms with Gasteiger partial charge in [0.2, 0.25) is 5.76 Å². The molecule has 1 N–H and O–H groups in total. The SMILES string of the molecule is O=C(O)c1ccc(SCc2cc3c(cc2Br)OCCO3)o1. The first-order valence-electron chi connectivity index (χ1n) is 6.17. The summed E-state index contributed by atoms with van der Waals surface area (Å²) in [6, 6.07) is 6.91. The lowest BCUT2D eigenvalue weighted by Gasteiger charge is -2.19. The highest BCUT2D eigenvalue weighted by atomic mass is 79.9. The van der Waals surface area contributed by atoms with E-state index in [9.17, 15) is 4.79 Å². The molecule has 5 nitrogen and oxygen atoms in total. The summed E-state index contributed by atoms with van der Waals surface area (Å²) in [5, 5.41) is 9.38. The Morgan fingerprint density at radius 3 is 2.62 bits per heavy atom. The Morgan fingerprint density at radius 2 is 1.95 bits per heavy atom. The van der Waals surface area contributed by atoms with Crippen LogP contribution >= 0.6 is 27.7 Å². The van der Waals surface area contributed by atoms with Crippen LogP contribution in [0.1, 0.15) is 16.1 Å². The van der Waals surface area contributed by atoms with E-state index in [1.807, 2.05) is 12.1 Å². The largest absolute Gasteiger partial charge is 0.486 e. The molecule has 2 heterocycles. The van der Waals surface area contributed by atoms with E-state index in [2.05, 4.69) is 15.9 Å². The van der Waals surface area contributed by atoms with E-state index in [4.69, 9.17) is 19.0 Å². The standard InChI is InChI=1S/C14H11BrO5S/c15-9-6-12-11(18-3-4-19-12)5-8(9)7-21-13-2-1-10(20-13)14(16)17/h1-2,5-6H,3-4,7H2,(H,16,17). The van der Waals surface area contributed by atoms with E-state index >= 15 is 0 Å². The Morgan fingerprint density at radius 1 is 1.24 bits per heavy atom. The van der Waals surface area contributed by atoms with Gasteiger partial charge in [0.25, 0.3) is 0 Å². The second-order valence-corrected chi connectivity index (χ2v) is 6.13. The highest BCUT2D eigenvalue weighted by molar-refractivity contribution is 9.10. The minimum Gasteiger partial charge on any atom is -0.486 e. The number of ether oxygens (including phenoxy) is 2. The summed E-state index contributed by atoms with van der Waals surface area (Å²) in [7, 11) is 0. The van der Waals surface area contributed by atoms with Gasteiger partial charge in [0, 0.05) is 10.2 Å². The zero-order chi connectivity index (χ0) is 14.8. The van der Waals surface area contributed by atoms with Crippen LogP contribution in [-0.4, -0.2) is 24.3 Å². The normalized spacial score (nSPS) is 13.2. The Balaban J connectivity index is 1.73. The first kappa shape index (κ1) is 14.3. The van der Waals surface area contributed by atoms with Gasteiger partial charge >= 0.3 is 5.97 Å². The lowest BCUT2D eigenvalue weighted by atomic mass is 10.2. The topological polar surface area (TPSA) is 68.9 Å². The summed E-state index contributed by atoms with van der Waals surface area (Å²) < 4.78 is 17.2. The van der Waals surface area contributed by atoms with Gasteiger partial charge in [0.15, 0.2) is 16.6 Å². The molecule has 1 aromatic carbocycles. The third-order valence-electron chi connectivity index (χ3n) is 2.87. The number of thioether (sulfide) groups is 1. The van der Waals surface area contributed by atoms with Crippen LogP contribution in [0.4, 0.5) is 0 Å². The molecule has 0 saturated carbocycles. The summed E-state index contributed by atoms with van der Waals surface area (Å²) in [4.78, 5) is 10.8. The average molecular weight is 371 g/mol. The predicted octanol–water partition coefficient (Wildman–Crippen LogP) is 3.80. The van der Waals surface area contributed by atoms with Gasteiger partial charge in [0.05, 0.1) is 0 Å². The van der Waals surface area contributed by atoms with Gasteiger partial charge in [-0.3, -0.25) is 0 Å². The lowest BCUT2D eigenvalue weighted by Crippen LogP contribution is -2.15. The molecule has 0 aliphatic carbocycles. The zero-order valence-electron chi connectivity index (χ0n) is 10.8. The molecule has 21 heavy (non-hydrogen) atoms. The molecule has 0 amide bonds. The summed E-state index contributed by atoms with van der Waals surface area (Å²) in [6.45, 7) is 1.10. The quantitative estimate of drug-likeness (QED) is 0.825. The molecule has 0 fully saturated rings. The molecule has 1 aliphatic heterocycles. The van der Waals surface area contributed by atoms with Crippen molar-refractivity contribution in [2.45, 2.75) is 10.8 Å². The molecule has 0 atom stereocenters. The van der Waals surface area contributed by atoms with E-state index in [0.717, 1.165) is 21.5 Å². The third-order valence-corrected chi connectivity index (χ3v) is 4.57. The maximum Gasteiger partial charge on any atom is 0.371 e. The minimum absolute atomic E-state index is 0.0567. The molecule has 110 valence electrons. The number of furan rings is 1. The van der Waals surface area contributed by atoms with E-state index in [1.54, 1.807) is 6.07 Å². The van der Waals surface area contributed by atoms with E-state index in [1.165, 1.54) is 17.8 Å². The van der Waals surface area contributed by atoms with E-state index < -0.39 is 5.97 Å². The van der Waals surface area contributed by atoms with Gasteiger partial charge in [-0.05, 0) is 29.8 Å². The van der Waals surface area contributed by atoms with Crippen LogP contribution in [0.2, 0.25) is 0 Å². The molecular formula is C14H11BrO5S. The lowest BCUT2D eigenvalue weighted by molar-refractivity contribution is 0.0656. The fraction of sp³-hybridized carbons (Fsp3) is 0.214. The summed E-state index contributed by atoms with van der Waals surface area (Å²) in [5.41, 5.74) is 1.03. The van der Waals surface area contributed by atoms with Crippen molar-refractivity contribution in [3.8, 4) is 11.5 Å². The van der Waals surface area contributed by atoms with Crippen molar-refractivity contribution in [3.05, 3.63) is 40.1 Å². The molecule has 0 spiro atoms. The number of carbonyl (C=O) groups is 1. The van der Waals surface area contributed by atoms with Crippen LogP contribution in [0.3, 0.4) is 0 Å². The fourth-order valence-electron chi connectivity index (χ4n) is 1.88. The number of halogens is 1. The monoisotopic (exact) mass is 370 g/mol. The summed E-state index contributed by atoms with van der Waals surface area (Å²) in [5.74, 6) is 0.962. The molecule has 1 aromatic heterocycles. The van der Waals surface area contributed by atoms with Crippen molar-refractivity contribution in [3.63, 3.8) is 0 Å². The van der Waals surface area contributed by atoms with Crippen LogP contribution in [0.5, 0.6) is 11.5 Å². The summed E-state index contributed by atoms with van der Waals surface area (Å²) >= 11 is 4.92. The first-order chi connectivity index (χ1) is 10.1. The van der Waals surface area contributed by atoms with Gasteiger partial charge < -0.3 is 19.0 Å². The predicted molar refractivity (Wildman–Crippen MR) is 80.4 cm³/mol. The molecule has 1 aliphatic rings. The zero-order valence-corrected chi connectivity index (χ0v) is 13.2. The van der Waals surface area contributed by atoms with Crippen molar-refractivity contribution >= 4 is 33.7 Å². The van der Waals surface area contributed by atoms with Gasteiger partial charge in [-0.2, -0.15) is 0 Å². The molecule has 0 radical (unpaired) electrons. The third kappa shape index (κ3) is 3.19. The number of fused-ring (bicyclic) bond motifs is 1. The molecular weight excluding hydrogens is 360 g/mol. The maximum atomic E-state index is 10.8. The number of rotatable bonds is 4. The number of carboxylic acids is 1. The molecule has 7 heteroatoms. The smallest absolute Gasteiger partial charge is 0.371 e. The minimum atomic E-state index is -1.07. The van der Waals surface area contributed by atoms with Crippen LogP contribution in [0.15, 0.2) is 38.2 Å². The summed E-state index contributed by atoms with van der Waals surface area (Å²) in [6.07, 6.45) is 0. The van der Waals surface area contributed by atoms with Crippen LogP contribution in [-0.2, 0) is 5.75 Å². The van der Waals surface area contributed by atoms with E-state index in [-0.39, 0.29) is 5.76 Å². The van der Waals surface area contributed by atoms with Gasteiger partial charge in [-0.25, -0.2) is 4.79 Å². The van der Waals surface area contributed by atoms with Crippen molar-refractivity contribution in [1.29, 1.82) is 0 Å². The Hall–Kier alpha value is -1.60. The molecule has 3 rings (SSSR count). The number of aromatic carboxylic acids is 1. The van der Waals surface area contributed by atoms with Crippen LogP contribution in [0.25, 0.3) is 0 Å². The molecule has 0 bridgehead atoms. The van der Waals surface area contributed by atoms with Crippen molar-refractivity contribution in [2.75, 3.05) is 13.2 Å². The number of hydrogen-bond acceptors (Lipinski definition) is 5. The molecule has 0 unspecified atom stereocenters. The number of benzene rings is 1. The van der Waals surface area contributed by atoms with Crippen molar-refractivity contribution in [1.82, 2.24) is 0 Å². The maximum absolute atomic E-state index is 10.8. The Labute approximate surface area is 133 Å². The van der Waals surface area contributed by atoms with Crippen LogP contribution in [0, 0.1) is 0 Å². The Bertz CT molecular complexity index is 682. The fourth-order valence-corrected chi connectivity index (χ4v) is 3.38. The number of hydrogen-bond donors (Lipinski definition) is 1. The first-order valence-corrected chi connectivity index (χ1v) is 7.95. The molecule has 2 aromatic rings. The van der Waals surface area contributed by atoms with Crippen molar-refractivity contribution < 1.29 is 23.8 Å². The van der Waals surface area contributed by atoms with E-state index in [0.29, 0.717) is 24.1 Å². The van der Waals surface area contributed by atoms with Gasteiger partial charge in [-0.1, -0.05) is 27.7 Å². The number of carboxylic acid groups (broad SMARTS) is 1. The molecule has 0 saturated heterocycles. The highest BCUT2D eigenvalue weighted by Crippen LogP contribution is 2.38. The van der Waals surface area contributed by atoms with Crippen molar-refractivity contribution in [2.24, 2.45) is 0 Å². The Kier molecular flexibility index (Phi) is 4.12. The average Bonchev–Trinajstić information content (AvgIpc) is 2.94. The second kappa shape index (κ2) is 6.03. The second-order valence-electron chi connectivity index (χ2n) is 4.30. The highest BCUT2D eigenvalue weighted by Gasteiger charge is 2.16. The van der Waals surface area contributed by atoms with Gasteiger partial charge in [-0.15, -0.1) is 0 Å². The van der Waals surface area contributed by atoms with Gasteiger partial charge in [0.1, 0.15) is 13.2 Å². The van der Waals surface area contributed by atoms with Crippen LogP contribution < -0.4 is 9.47 Å².